The molecule has 1 aliphatic rings. The van der Waals surface area contributed by atoms with Gasteiger partial charge in [-0.15, -0.1) is 0 Å². The van der Waals surface area contributed by atoms with Crippen LogP contribution in [0.5, 0.6) is 0 Å². The van der Waals surface area contributed by atoms with Crippen LogP contribution < -0.4 is 10.2 Å². The van der Waals surface area contributed by atoms with Gasteiger partial charge in [0.1, 0.15) is 6.04 Å². The third-order valence-corrected chi connectivity index (χ3v) is 3.86. The van der Waals surface area contributed by atoms with Crippen LogP contribution in [0.1, 0.15) is 18.4 Å². The van der Waals surface area contributed by atoms with E-state index in [2.05, 4.69) is 5.32 Å². The summed E-state index contributed by atoms with van der Waals surface area (Å²) in [5.74, 6) is -1.11. The number of nitrogens with zero attached hydrogens (tertiary/aromatic N) is 2. The maximum Gasteiger partial charge on any atom is 0.317 e. The van der Waals surface area contributed by atoms with Crippen LogP contribution >= 0.6 is 0 Å². The van der Waals surface area contributed by atoms with Gasteiger partial charge < -0.3 is 20.2 Å². The minimum atomic E-state index is -0.966. The largest absolute Gasteiger partial charge is 0.481 e. The predicted molar refractivity (Wildman–Crippen MR) is 85.4 cm³/mol. The molecule has 0 aliphatic carbocycles. The molecule has 1 aromatic rings. The van der Waals surface area contributed by atoms with E-state index < -0.39 is 18.0 Å². The number of carboxylic acids is 1. The number of hydrogen-bond donors (Lipinski definition) is 2. The van der Waals surface area contributed by atoms with Crippen molar-refractivity contribution in [2.24, 2.45) is 0 Å². The Balaban J connectivity index is 1.92. The highest BCUT2D eigenvalue weighted by atomic mass is 16.4. The van der Waals surface area contributed by atoms with Crippen molar-refractivity contribution in [3.63, 3.8) is 0 Å². The van der Waals surface area contributed by atoms with Crippen LogP contribution in [0.3, 0.4) is 0 Å². The molecule has 1 saturated heterocycles. The van der Waals surface area contributed by atoms with E-state index >= 15 is 0 Å². The second-order valence-electron chi connectivity index (χ2n) is 5.68. The maximum atomic E-state index is 12.4. The normalized spacial score (nSPS) is 17.2. The van der Waals surface area contributed by atoms with Crippen LogP contribution in [0.2, 0.25) is 0 Å². The Hall–Kier alpha value is -2.57. The first kappa shape index (κ1) is 16.8. The first-order valence-corrected chi connectivity index (χ1v) is 7.50. The fraction of sp³-hybridized carbons (Fsp3) is 0.438. The number of aliphatic carboxylic acids is 1. The molecule has 0 spiro atoms. The summed E-state index contributed by atoms with van der Waals surface area (Å²) in [6.45, 7) is 2.63. The zero-order valence-corrected chi connectivity index (χ0v) is 13.3. The van der Waals surface area contributed by atoms with Gasteiger partial charge in [0.2, 0.25) is 5.91 Å². The molecule has 0 saturated carbocycles. The summed E-state index contributed by atoms with van der Waals surface area (Å²) in [6.07, 6.45) is 0.406. The lowest BCUT2D eigenvalue weighted by molar-refractivity contribution is -0.137. The van der Waals surface area contributed by atoms with Gasteiger partial charge in [-0.2, -0.15) is 0 Å². The molecule has 1 aromatic carbocycles. The van der Waals surface area contributed by atoms with Crippen molar-refractivity contribution in [3.8, 4) is 0 Å². The molecule has 1 heterocycles. The number of rotatable bonds is 5. The highest BCUT2D eigenvalue weighted by Crippen LogP contribution is 2.22. The predicted octanol–water partition coefficient (Wildman–Crippen LogP) is 1.22. The van der Waals surface area contributed by atoms with Gasteiger partial charge >= 0.3 is 12.0 Å². The average molecular weight is 319 g/mol. The van der Waals surface area contributed by atoms with Crippen LogP contribution in [-0.4, -0.2) is 54.1 Å². The molecule has 1 fully saturated rings. The molecule has 7 nitrogen and oxygen atoms in total. The first-order valence-electron chi connectivity index (χ1n) is 7.50. The average Bonchev–Trinajstić information content (AvgIpc) is 2.86. The Morgan fingerprint density at radius 1 is 1.35 bits per heavy atom. The molecule has 2 rings (SSSR count). The third-order valence-electron chi connectivity index (χ3n) is 3.86. The number of hydrogen-bond acceptors (Lipinski definition) is 3. The fourth-order valence-electron chi connectivity index (χ4n) is 2.42. The van der Waals surface area contributed by atoms with Gasteiger partial charge in [0.25, 0.3) is 0 Å². The van der Waals surface area contributed by atoms with E-state index in [0.29, 0.717) is 13.0 Å². The number of urea groups is 1. The first-order chi connectivity index (χ1) is 10.9. The smallest absolute Gasteiger partial charge is 0.317 e. The van der Waals surface area contributed by atoms with Crippen LogP contribution in [-0.2, 0) is 9.59 Å². The highest BCUT2D eigenvalue weighted by molar-refractivity contribution is 6.01. The van der Waals surface area contributed by atoms with Crippen LogP contribution in [0.25, 0.3) is 0 Å². The second-order valence-corrected chi connectivity index (χ2v) is 5.68. The summed E-state index contributed by atoms with van der Waals surface area (Å²) in [6, 6.07) is 6.64. The van der Waals surface area contributed by atoms with E-state index in [1.807, 2.05) is 31.2 Å². The number of carbonyl (C=O) groups is 3. The quantitative estimate of drug-likeness (QED) is 0.854. The van der Waals surface area contributed by atoms with E-state index in [1.54, 1.807) is 4.90 Å². The van der Waals surface area contributed by atoms with Crippen molar-refractivity contribution in [3.05, 3.63) is 29.8 Å². The lowest BCUT2D eigenvalue weighted by Crippen LogP contribution is -2.47. The maximum absolute atomic E-state index is 12.4. The molecular weight excluding hydrogens is 298 g/mol. The Morgan fingerprint density at radius 3 is 2.61 bits per heavy atom. The number of benzene rings is 1. The lowest BCUT2D eigenvalue weighted by atomic mass is 10.2. The monoisotopic (exact) mass is 319 g/mol. The summed E-state index contributed by atoms with van der Waals surface area (Å²) in [5.41, 5.74) is 1.93. The summed E-state index contributed by atoms with van der Waals surface area (Å²) in [4.78, 5) is 37.9. The lowest BCUT2D eigenvalue weighted by Gasteiger charge is -2.20. The number of nitrogens with one attached hydrogen (secondary N) is 1. The van der Waals surface area contributed by atoms with E-state index in [-0.39, 0.29) is 18.9 Å². The van der Waals surface area contributed by atoms with Gasteiger partial charge in [-0.3, -0.25) is 9.59 Å². The SMILES string of the molecule is Cc1ccc(N2CCC(NC(=O)N(C)CCC(=O)O)C2=O)cc1. The Kier molecular flexibility index (Phi) is 5.20. The molecule has 2 N–H and O–H groups in total. The van der Waals surface area contributed by atoms with Crippen LogP contribution in [0.4, 0.5) is 10.5 Å². The van der Waals surface area contributed by atoms with Crippen molar-refractivity contribution >= 4 is 23.6 Å². The Morgan fingerprint density at radius 2 is 2.00 bits per heavy atom. The molecule has 7 heteroatoms. The highest BCUT2D eigenvalue weighted by Gasteiger charge is 2.34. The number of amides is 3. The van der Waals surface area contributed by atoms with Gasteiger partial charge in [-0.05, 0) is 25.5 Å². The summed E-state index contributed by atoms with van der Waals surface area (Å²) >= 11 is 0. The molecule has 124 valence electrons. The fourth-order valence-corrected chi connectivity index (χ4v) is 2.42. The second kappa shape index (κ2) is 7.13. The van der Waals surface area contributed by atoms with Crippen molar-refractivity contribution in [2.75, 3.05) is 25.0 Å². The van der Waals surface area contributed by atoms with Gasteiger partial charge in [-0.25, -0.2) is 4.79 Å². The van der Waals surface area contributed by atoms with E-state index in [9.17, 15) is 14.4 Å². The molecule has 0 radical (unpaired) electrons. The molecule has 1 atom stereocenters. The number of carboxylic acid groups (broad SMARTS) is 1. The summed E-state index contributed by atoms with van der Waals surface area (Å²) < 4.78 is 0. The van der Waals surface area contributed by atoms with Gasteiger partial charge in [-0.1, -0.05) is 17.7 Å². The number of carbonyl (C=O) groups excluding carboxylic acids is 2. The minimum absolute atomic E-state index is 0.101. The molecule has 1 unspecified atom stereocenters. The minimum Gasteiger partial charge on any atom is -0.481 e. The summed E-state index contributed by atoms with van der Waals surface area (Å²) in [5, 5.41) is 11.3. The number of anilines is 1. The van der Waals surface area contributed by atoms with Crippen LogP contribution in [0.15, 0.2) is 24.3 Å². The topological polar surface area (TPSA) is 90.0 Å². The number of aryl methyl sites for hydroxylation is 1. The van der Waals surface area contributed by atoms with Crippen molar-refractivity contribution < 1.29 is 19.5 Å². The van der Waals surface area contributed by atoms with E-state index in [1.165, 1.54) is 11.9 Å². The van der Waals surface area contributed by atoms with E-state index in [4.69, 9.17) is 5.11 Å². The molecular formula is C16H21N3O4. The van der Waals surface area contributed by atoms with Gasteiger partial charge in [0, 0.05) is 25.8 Å². The molecule has 3 amide bonds. The molecule has 0 bridgehead atoms. The molecule has 23 heavy (non-hydrogen) atoms. The molecule has 1 aliphatic heterocycles. The van der Waals surface area contributed by atoms with E-state index in [0.717, 1.165) is 11.3 Å². The van der Waals surface area contributed by atoms with Gasteiger partial charge in [0.15, 0.2) is 0 Å². The Labute approximate surface area is 134 Å². The third kappa shape index (κ3) is 4.21. The van der Waals surface area contributed by atoms with Crippen molar-refractivity contribution in [1.29, 1.82) is 0 Å². The zero-order chi connectivity index (χ0) is 17.0. The standard InChI is InChI=1S/C16H21N3O4/c1-11-3-5-12(6-4-11)19-10-7-13(15(19)22)17-16(23)18(2)9-8-14(20)21/h3-6,13H,7-10H2,1-2H3,(H,17,23)(H,20,21). The van der Waals surface area contributed by atoms with Crippen LogP contribution in [0, 0.1) is 6.92 Å². The zero-order valence-electron chi connectivity index (χ0n) is 13.3. The summed E-state index contributed by atoms with van der Waals surface area (Å²) in [7, 11) is 1.51. The van der Waals surface area contributed by atoms with Crippen molar-refractivity contribution in [1.82, 2.24) is 10.2 Å². The molecule has 0 aromatic heterocycles. The Bertz CT molecular complexity index is 600. The van der Waals surface area contributed by atoms with Crippen molar-refractivity contribution in [2.45, 2.75) is 25.8 Å². The van der Waals surface area contributed by atoms with Gasteiger partial charge in [0.05, 0.1) is 6.42 Å².